The van der Waals surface area contributed by atoms with Crippen molar-refractivity contribution < 1.29 is 9.59 Å². The molecule has 0 aromatic heterocycles. The van der Waals surface area contributed by atoms with Crippen LogP contribution in [0, 0.1) is 0 Å². The molecule has 0 aliphatic heterocycles. The van der Waals surface area contributed by atoms with Gasteiger partial charge in [-0.3, -0.25) is 9.59 Å². The van der Waals surface area contributed by atoms with E-state index in [9.17, 15) is 9.59 Å². The first kappa shape index (κ1) is 13.0. The molecule has 1 N–H and O–H groups in total. The van der Waals surface area contributed by atoms with E-state index in [4.69, 9.17) is 0 Å². The summed E-state index contributed by atoms with van der Waals surface area (Å²) in [6.07, 6.45) is 3.15. The third kappa shape index (κ3) is 3.75. The van der Waals surface area contributed by atoms with Gasteiger partial charge in [0.15, 0.2) is 5.78 Å². The number of benzene rings is 1. The molecule has 1 amide bonds. The Morgan fingerprint density at radius 2 is 1.88 bits per heavy atom. The molecule has 4 nitrogen and oxygen atoms in total. The molecule has 4 heteroatoms. The van der Waals surface area contributed by atoms with E-state index in [1.165, 1.54) is 6.08 Å². The second kappa shape index (κ2) is 5.84. The lowest BCUT2D eigenvalue weighted by Gasteiger charge is -2.04. The van der Waals surface area contributed by atoms with Crippen LogP contribution in [0.3, 0.4) is 0 Å². The number of allylic oxidation sites excluding steroid dienone is 1. The normalized spacial score (nSPS) is 10.3. The molecule has 0 radical (unpaired) electrons. The Morgan fingerprint density at radius 1 is 1.24 bits per heavy atom. The van der Waals surface area contributed by atoms with Gasteiger partial charge in [0.2, 0.25) is 0 Å². The second-order valence-electron chi connectivity index (χ2n) is 3.80. The molecule has 0 heterocycles. The lowest BCUT2D eigenvalue weighted by Crippen LogP contribution is -2.18. The molecule has 0 fully saturated rings. The Hall–Kier alpha value is -2.10. The van der Waals surface area contributed by atoms with Crippen LogP contribution in [-0.4, -0.2) is 37.7 Å². The van der Waals surface area contributed by atoms with Crippen molar-refractivity contribution >= 4 is 11.7 Å². The molecule has 1 rings (SSSR count). The van der Waals surface area contributed by atoms with E-state index in [1.54, 1.807) is 42.4 Å². The van der Waals surface area contributed by atoms with Gasteiger partial charge in [0.25, 0.3) is 5.91 Å². The van der Waals surface area contributed by atoms with E-state index in [1.807, 2.05) is 14.1 Å². The highest BCUT2D eigenvalue weighted by Crippen LogP contribution is 2.07. The summed E-state index contributed by atoms with van der Waals surface area (Å²) < 4.78 is 0. The minimum absolute atomic E-state index is 0.121. The predicted molar refractivity (Wildman–Crippen MR) is 67.0 cm³/mol. The number of hydrogen-bond donors (Lipinski definition) is 1. The summed E-state index contributed by atoms with van der Waals surface area (Å²) in [4.78, 5) is 25.0. The Kier molecular flexibility index (Phi) is 4.46. The first-order valence-corrected chi connectivity index (χ1v) is 5.25. The fourth-order valence-electron chi connectivity index (χ4n) is 1.27. The highest BCUT2D eigenvalue weighted by atomic mass is 16.1. The Balaban J connectivity index is 2.92. The molecule has 0 aliphatic rings. The topological polar surface area (TPSA) is 49.4 Å². The average Bonchev–Trinajstić information content (AvgIpc) is 2.35. The van der Waals surface area contributed by atoms with Crippen molar-refractivity contribution in [2.24, 2.45) is 0 Å². The van der Waals surface area contributed by atoms with Crippen molar-refractivity contribution in [3.63, 3.8) is 0 Å². The van der Waals surface area contributed by atoms with Crippen LogP contribution in [0.25, 0.3) is 0 Å². The van der Waals surface area contributed by atoms with Crippen LogP contribution in [0.4, 0.5) is 0 Å². The quantitative estimate of drug-likeness (QED) is 0.629. The van der Waals surface area contributed by atoms with Gasteiger partial charge in [0.05, 0.1) is 0 Å². The number of nitrogens with one attached hydrogen (secondary N) is 1. The van der Waals surface area contributed by atoms with E-state index < -0.39 is 0 Å². The first-order chi connectivity index (χ1) is 8.04. The van der Waals surface area contributed by atoms with E-state index >= 15 is 0 Å². The molecule has 1 aromatic rings. The number of carbonyl (C=O) groups excluding carboxylic acids is 2. The number of ketones is 1. The van der Waals surface area contributed by atoms with E-state index in [0.29, 0.717) is 11.1 Å². The Bertz CT molecular complexity index is 450. The molecular weight excluding hydrogens is 216 g/mol. The van der Waals surface area contributed by atoms with Crippen LogP contribution in [0.15, 0.2) is 36.5 Å². The summed E-state index contributed by atoms with van der Waals surface area (Å²) in [7, 11) is 5.23. The summed E-state index contributed by atoms with van der Waals surface area (Å²) in [5.74, 6) is -0.319. The maximum Gasteiger partial charge on any atom is 0.251 e. The van der Waals surface area contributed by atoms with Crippen LogP contribution < -0.4 is 5.32 Å². The number of rotatable bonds is 4. The number of nitrogens with zero attached hydrogens (tertiary/aromatic N) is 1. The van der Waals surface area contributed by atoms with Crippen molar-refractivity contribution in [2.75, 3.05) is 21.1 Å². The summed E-state index contributed by atoms with van der Waals surface area (Å²) >= 11 is 0. The van der Waals surface area contributed by atoms with Crippen molar-refractivity contribution in [1.82, 2.24) is 10.2 Å². The van der Waals surface area contributed by atoms with Crippen molar-refractivity contribution in [1.29, 1.82) is 0 Å². The van der Waals surface area contributed by atoms with Gasteiger partial charge >= 0.3 is 0 Å². The van der Waals surface area contributed by atoms with Gasteiger partial charge < -0.3 is 10.2 Å². The second-order valence-corrected chi connectivity index (χ2v) is 3.80. The predicted octanol–water partition coefficient (Wildman–Crippen LogP) is 1.30. The SMILES string of the molecule is CNC(=O)c1cccc(C(=O)C=CN(C)C)c1. The van der Waals surface area contributed by atoms with Crippen molar-refractivity contribution in [3.05, 3.63) is 47.7 Å². The van der Waals surface area contributed by atoms with Gasteiger partial charge in [-0.05, 0) is 12.1 Å². The minimum Gasteiger partial charge on any atom is -0.383 e. The molecule has 17 heavy (non-hydrogen) atoms. The van der Waals surface area contributed by atoms with Crippen LogP contribution in [-0.2, 0) is 0 Å². The molecule has 90 valence electrons. The Morgan fingerprint density at radius 3 is 2.47 bits per heavy atom. The van der Waals surface area contributed by atoms with Crippen molar-refractivity contribution in [3.8, 4) is 0 Å². The standard InChI is InChI=1S/C13H16N2O2/c1-14-13(17)11-6-4-5-10(9-11)12(16)7-8-15(2)3/h4-9H,1-3H3,(H,14,17). The van der Waals surface area contributed by atoms with Gasteiger partial charge in [-0.2, -0.15) is 0 Å². The van der Waals surface area contributed by atoms with Gasteiger partial charge in [-0.25, -0.2) is 0 Å². The first-order valence-electron chi connectivity index (χ1n) is 5.25. The van der Waals surface area contributed by atoms with Gasteiger partial charge in [0, 0.05) is 44.5 Å². The molecule has 0 saturated carbocycles. The number of carbonyl (C=O) groups is 2. The molecule has 0 spiro atoms. The third-order valence-corrected chi connectivity index (χ3v) is 2.16. The summed E-state index contributed by atoms with van der Waals surface area (Å²) in [5, 5.41) is 2.52. The zero-order valence-corrected chi connectivity index (χ0v) is 10.2. The van der Waals surface area contributed by atoms with Gasteiger partial charge in [0.1, 0.15) is 0 Å². The molecule has 0 bridgehead atoms. The highest BCUT2D eigenvalue weighted by Gasteiger charge is 2.07. The van der Waals surface area contributed by atoms with Crippen LogP contribution in [0.1, 0.15) is 20.7 Å². The third-order valence-electron chi connectivity index (χ3n) is 2.16. The molecule has 0 unspecified atom stereocenters. The summed E-state index contributed by atoms with van der Waals surface area (Å²) in [6.45, 7) is 0. The summed E-state index contributed by atoms with van der Waals surface area (Å²) in [5.41, 5.74) is 0.987. The van der Waals surface area contributed by atoms with Crippen molar-refractivity contribution in [2.45, 2.75) is 0 Å². The van der Waals surface area contributed by atoms with Crippen LogP contribution in [0.2, 0.25) is 0 Å². The molecule has 1 aromatic carbocycles. The fraction of sp³-hybridized carbons (Fsp3) is 0.231. The molecule has 0 saturated heterocycles. The van der Waals surface area contributed by atoms with Crippen LogP contribution >= 0.6 is 0 Å². The van der Waals surface area contributed by atoms with E-state index in [2.05, 4.69) is 5.32 Å². The average molecular weight is 232 g/mol. The maximum atomic E-state index is 11.8. The zero-order chi connectivity index (χ0) is 12.8. The largest absolute Gasteiger partial charge is 0.383 e. The van der Waals surface area contributed by atoms with Gasteiger partial charge in [-0.1, -0.05) is 12.1 Å². The van der Waals surface area contributed by atoms with Crippen LogP contribution in [0.5, 0.6) is 0 Å². The molecular formula is C13H16N2O2. The molecule has 0 aliphatic carbocycles. The Labute approximate surface area is 101 Å². The lowest BCUT2D eigenvalue weighted by molar-refractivity contribution is 0.0963. The zero-order valence-electron chi connectivity index (χ0n) is 10.2. The van der Waals surface area contributed by atoms with E-state index in [0.717, 1.165) is 0 Å². The minimum atomic E-state index is -0.198. The maximum absolute atomic E-state index is 11.8. The van der Waals surface area contributed by atoms with E-state index in [-0.39, 0.29) is 11.7 Å². The lowest BCUT2D eigenvalue weighted by atomic mass is 10.1. The highest BCUT2D eigenvalue weighted by molar-refractivity contribution is 6.06. The monoisotopic (exact) mass is 232 g/mol. The fourth-order valence-corrected chi connectivity index (χ4v) is 1.27. The number of amides is 1. The summed E-state index contributed by atoms with van der Waals surface area (Å²) in [6, 6.07) is 6.64. The number of hydrogen-bond acceptors (Lipinski definition) is 3. The molecule has 0 atom stereocenters. The van der Waals surface area contributed by atoms with Gasteiger partial charge in [-0.15, -0.1) is 0 Å². The smallest absolute Gasteiger partial charge is 0.251 e.